The summed E-state index contributed by atoms with van der Waals surface area (Å²) in [6, 6.07) is 14.1. The number of benzene rings is 2. The van der Waals surface area contributed by atoms with Crippen molar-refractivity contribution in [3.05, 3.63) is 69.2 Å². The zero-order chi connectivity index (χ0) is 13.4. The second-order valence-electron chi connectivity index (χ2n) is 4.89. The largest absolute Gasteiger partial charge is 0.330 e. The molecule has 0 saturated carbocycles. The van der Waals surface area contributed by atoms with E-state index in [9.17, 15) is 4.79 Å². The number of fused-ring (bicyclic) bond motifs is 1. The van der Waals surface area contributed by atoms with E-state index in [4.69, 9.17) is 0 Å². The van der Waals surface area contributed by atoms with Crippen molar-refractivity contribution in [2.45, 2.75) is 20.0 Å². The van der Waals surface area contributed by atoms with Crippen LogP contribution >= 0.6 is 15.9 Å². The van der Waals surface area contributed by atoms with Crippen molar-refractivity contribution in [2.75, 3.05) is 0 Å². The predicted octanol–water partition coefficient (Wildman–Crippen LogP) is 3.91. The highest BCUT2D eigenvalue weighted by atomic mass is 79.9. The number of carbonyl (C=O) groups excluding carboxylic acids is 1. The Labute approximate surface area is 121 Å². The lowest BCUT2D eigenvalue weighted by Gasteiger charge is -2.17. The lowest BCUT2D eigenvalue weighted by Crippen LogP contribution is -2.26. The molecule has 0 unspecified atom stereocenters. The molecule has 0 atom stereocenters. The van der Waals surface area contributed by atoms with Crippen LogP contribution in [0.5, 0.6) is 0 Å². The topological polar surface area (TPSA) is 20.3 Å². The van der Waals surface area contributed by atoms with Crippen LogP contribution in [0.1, 0.15) is 27.0 Å². The Balaban J connectivity index is 1.89. The van der Waals surface area contributed by atoms with Gasteiger partial charge in [0.2, 0.25) is 0 Å². The van der Waals surface area contributed by atoms with Gasteiger partial charge in [0, 0.05) is 23.1 Å². The lowest BCUT2D eigenvalue weighted by molar-refractivity contribution is 0.0750. The van der Waals surface area contributed by atoms with Crippen LogP contribution in [-0.4, -0.2) is 10.8 Å². The molecule has 0 bridgehead atoms. The molecule has 0 aliphatic carbocycles. The van der Waals surface area contributed by atoms with Gasteiger partial charge in [0.15, 0.2) is 0 Å². The fraction of sp³-hybridized carbons (Fsp3) is 0.188. The van der Waals surface area contributed by atoms with Crippen LogP contribution in [0.15, 0.2) is 46.9 Å². The molecule has 1 aliphatic heterocycles. The van der Waals surface area contributed by atoms with E-state index in [1.54, 1.807) is 0 Å². The normalized spacial score (nSPS) is 13.5. The van der Waals surface area contributed by atoms with Crippen molar-refractivity contribution in [3.63, 3.8) is 0 Å². The SMILES string of the molecule is Cc1ccc(Br)cc1C(=O)N1Cc2ccccc2C1. The zero-order valence-electron chi connectivity index (χ0n) is 10.7. The van der Waals surface area contributed by atoms with Crippen molar-refractivity contribution >= 4 is 21.8 Å². The summed E-state index contributed by atoms with van der Waals surface area (Å²) in [7, 11) is 0. The molecule has 0 radical (unpaired) electrons. The van der Waals surface area contributed by atoms with Gasteiger partial charge in [-0.2, -0.15) is 0 Å². The molecule has 0 N–H and O–H groups in total. The van der Waals surface area contributed by atoms with E-state index in [0.717, 1.165) is 15.6 Å². The molecule has 2 nitrogen and oxygen atoms in total. The van der Waals surface area contributed by atoms with E-state index in [-0.39, 0.29) is 5.91 Å². The van der Waals surface area contributed by atoms with Crippen molar-refractivity contribution in [3.8, 4) is 0 Å². The van der Waals surface area contributed by atoms with Crippen LogP contribution in [-0.2, 0) is 13.1 Å². The molecule has 2 aromatic rings. The maximum atomic E-state index is 12.6. The van der Waals surface area contributed by atoms with Gasteiger partial charge in [-0.05, 0) is 35.7 Å². The highest BCUT2D eigenvalue weighted by molar-refractivity contribution is 9.10. The minimum absolute atomic E-state index is 0.106. The maximum Gasteiger partial charge on any atom is 0.254 e. The van der Waals surface area contributed by atoms with Crippen LogP contribution < -0.4 is 0 Å². The number of hydrogen-bond donors (Lipinski definition) is 0. The summed E-state index contributed by atoms with van der Waals surface area (Å²) in [5, 5.41) is 0. The van der Waals surface area contributed by atoms with E-state index in [0.29, 0.717) is 13.1 Å². The molecule has 0 saturated heterocycles. The van der Waals surface area contributed by atoms with Crippen LogP contribution in [0.4, 0.5) is 0 Å². The molecular formula is C16H14BrNO. The molecular weight excluding hydrogens is 302 g/mol. The van der Waals surface area contributed by atoms with Crippen LogP contribution in [0, 0.1) is 6.92 Å². The molecule has 1 aliphatic rings. The van der Waals surface area contributed by atoms with Gasteiger partial charge in [0.25, 0.3) is 5.91 Å². The van der Waals surface area contributed by atoms with Gasteiger partial charge >= 0.3 is 0 Å². The van der Waals surface area contributed by atoms with Crippen molar-refractivity contribution in [2.24, 2.45) is 0 Å². The van der Waals surface area contributed by atoms with E-state index in [1.807, 2.05) is 42.2 Å². The number of halogens is 1. The molecule has 1 heterocycles. The summed E-state index contributed by atoms with van der Waals surface area (Å²) < 4.78 is 0.943. The minimum atomic E-state index is 0.106. The molecule has 3 rings (SSSR count). The molecule has 0 fully saturated rings. The molecule has 96 valence electrons. The number of rotatable bonds is 1. The second kappa shape index (κ2) is 4.82. The average molecular weight is 316 g/mol. The number of aryl methyl sites for hydroxylation is 1. The monoisotopic (exact) mass is 315 g/mol. The zero-order valence-corrected chi connectivity index (χ0v) is 12.3. The van der Waals surface area contributed by atoms with Gasteiger partial charge in [-0.3, -0.25) is 4.79 Å². The molecule has 3 heteroatoms. The van der Waals surface area contributed by atoms with E-state index >= 15 is 0 Å². The fourth-order valence-corrected chi connectivity index (χ4v) is 2.83. The van der Waals surface area contributed by atoms with Crippen LogP contribution in [0.3, 0.4) is 0 Å². The first-order valence-corrected chi connectivity index (χ1v) is 7.06. The first-order valence-electron chi connectivity index (χ1n) is 6.27. The van der Waals surface area contributed by atoms with Crippen LogP contribution in [0.25, 0.3) is 0 Å². The Hall–Kier alpha value is -1.61. The number of nitrogens with zero attached hydrogens (tertiary/aromatic N) is 1. The molecule has 0 aromatic heterocycles. The molecule has 19 heavy (non-hydrogen) atoms. The van der Waals surface area contributed by atoms with Gasteiger partial charge < -0.3 is 4.90 Å². The van der Waals surface area contributed by atoms with Crippen LogP contribution in [0.2, 0.25) is 0 Å². The summed E-state index contributed by atoms with van der Waals surface area (Å²) in [5.74, 6) is 0.106. The Morgan fingerprint density at radius 2 is 1.74 bits per heavy atom. The highest BCUT2D eigenvalue weighted by Gasteiger charge is 2.24. The van der Waals surface area contributed by atoms with E-state index < -0.39 is 0 Å². The summed E-state index contributed by atoms with van der Waals surface area (Å²) in [5.41, 5.74) is 4.30. The van der Waals surface area contributed by atoms with E-state index in [2.05, 4.69) is 28.1 Å². The van der Waals surface area contributed by atoms with Crippen molar-refractivity contribution in [1.82, 2.24) is 4.90 Å². The van der Waals surface area contributed by atoms with Gasteiger partial charge in [0.05, 0.1) is 0 Å². The van der Waals surface area contributed by atoms with Gasteiger partial charge in [-0.15, -0.1) is 0 Å². The second-order valence-corrected chi connectivity index (χ2v) is 5.80. The lowest BCUT2D eigenvalue weighted by atomic mass is 10.1. The molecule has 0 spiro atoms. The van der Waals surface area contributed by atoms with Crippen molar-refractivity contribution in [1.29, 1.82) is 0 Å². The number of carbonyl (C=O) groups is 1. The Kier molecular flexibility index (Phi) is 3.15. The maximum absolute atomic E-state index is 12.6. The average Bonchev–Trinajstić information content (AvgIpc) is 2.84. The third-order valence-corrected chi connectivity index (χ3v) is 4.05. The molecule has 1 amide bonds. The highest BCUT2D eigenvalue weighted by Crippen LogP contribution is 2.25. The summed E-state index contributed by atoms with van der Waals surface area (Å²) >= 11 is 3.43. The summed E-state index contributed by atoms with van der Waals surface area (Å²) in [6.45, 7) is 3.39. The fourth-order valence-electron chi connectivity index (χ4n) is 2.47. The number of amides is 1. The predicted molar refractivity (Wildman–Crippen MR) is 78.9 cm³/mol. The summed E-state index contributed by atoms with van der Waals surface area (Å²) in [4.78, 5) is 14.5. The third-order valence-electron chi connectivity index (χ3n) is 3.56. The summed E-state index contributed by atoms with van der Waals surface area (Å²) in [6.07, 6.45) is 0. The number of hydrogen-bond acceptors (Lipinski definition) is 1. The molecule has 2 aromatic carbocycles. The standard InChI is InChI=1S/C16H14BrNO/c1-11-6-7-14(17)8-15(11)16(19)18-9-12-4-2-3-5-13(12)10-18/h2-8H,9-10H2,1H3. The van der Waals surface area contributed by atoms with Crippen molar-refractivity contribution < 1.29 is 4.79 Å². The quantitative estimate of drug-likeness (QED) is 0.781. The van der Waals surface area contributed by atoms with Gasteiger partial charge in [-0.25, -0.2) is 0 Å². The Morgan fingerprint density at radius 1 is 1.11 bits per heavy atom. The van der Waals surface area contributed by atoms with Gasteiger partial charge in [-0.1, -0.05) is 46.3 Å². The Bertz CT molecular complexity index is 626. The van der Waals surface area contributed by atoms with E-state index in [1.165, 1.54) is 11.1 Å². The van der Waals surface area contributed by atoms with Gasteiger partial charge in [0.1, 0.15) is 0 Å². The first-order chi connectivity index (χ1) is 9.15. The first kappa shape index (κ1) is 12.4. The Morgan fingerprint density at radius 3 is 2.37 bits per heavy atom. The minimum Gasteiger partial charge on any atom is -0.330 e. The third kappa shape index (κ3) is 2.30. The smallest absolute Gasteiger partial charge is 0.254 e.